The zero-order valence-corrected chi connectivity index (χ0v) is 14.8. The summed E-state index contributed by atoms with van der Waals surface area (Å²) in [7, 11) is 0. The van der Waals surface area contributed by atoms with E-state index >= 15 is 0 Å². The fourth-order valence-corrected chi connectivity index (χ4v) is 3.01. The second-order valence-corrected chi connectivity index (χ2v) is 6.23. The van der Waals surface area contributed by atoms with Crippen molar-refractivity contribution in [2.75, 3.05) is 0 Å². The lowest BCUT2D eigenvalue weighted by Gasteiger charge is -2.12. The van der Waals surface area contributed by atoms with Gasteiger partial charge in [0, 0.05) is 26.5 Å². The third kappa shape index (κ3) is 3.75. The first-order valence-corrected chi connectivity index (χ1v) is 8.18. The summed E-state index contributed by atoms with van der Waals surface area (Å²) in [6.07, 6.45) is 0. The number of alkyl halides is 1. The Bertz CT molecular complexity index is 707. The van der Waals surface area contributed by atoms with E-state index in [-0.39, 0.29) is 11.4 Å². The van der Waals surface area contributed by atoms with E-state index in [9.17, 15) is 10.1 Å². The molecule has 0 saturated heterocycles. The van der Waals surface area contributed by atoms with E-state index in [1.807, 2.05) is 6.07 Å². The fraction of sp³-hybridized carbons (Fsp3) is 0.143. The number of nitro groups is 1. The maximum absolute atomic E-state index is 11.2. The summed E-state index contributed by atoms with van der Waals surface area (Å²) in [5.41, 5.74) is 1.43. The van der Waals surface area contributed by atoms with Crippen LogP contribution >= 0.6 is 43.5 Å². The molecular formula is C14H10Br2ClNO3. The molecule has 0 aliphatic carbocycles. The lowest BCUT2D eigenvalue weighted by atomic mass is 10.2. The van der Waals surface area contributed by atoms with Gasteiger partial charge in [-0.25, -0.2) is 0 Å². The Morgan fingerprint density at radius 1 is 1.33 bits per heavy atom. The number of hydrogen-bond donors (Lipinski definition) is 0. The van der Waals surface area contributed by atoms with Crippen molar-refractivity contribution in [1.29, 1.82) is 0 Å². The zero-order valence-electron chi connectivity index (χ0n) is 10.9. The molecule has 0 amide bonds. The lowest BCUT2D eigenvalue weighted by molar-refractivity contribution is -0.385. The molecular weight excluding hydrogens is 425 g/mol. The molecule has 2 rings (SSSR count). The number of benzene rings is 2. The Morgan fingerprint density at radius 3 is 2.67 bits per heavy atom. The van der Waals surface area contributed by atoms with Gasteiger partial charge >= 0.3 is 5.69 Å². The number of nitrogens with zero attached hydrogens (tertiary/aromatic N) is 1. The molecule has 4 nitrogen and oxygen atoms in total. The van der Waals surface area contributed by atoms with Crippen LogP contribution in [0.2, 0.25) is 5.02 Å². The SMILES string of the molecule is Cc1cc(Br)cc([N+](=O)[O-])c1Oc1cc(Cl)ccc1CBr. The number of hydrogen-bond acceptors (Lipinski definition) is 3. The van der Waals surface area contributed by atoms with Crippen LogP contribution in [0, 0.1) is 17.0 Å². The molecule has 0 radical (unpaired) electrons. The van der Waals surface area contributed by atoms with Crippen LogP contribution in [0.4, 0.5) is 5.69 Å². The molecule has 0 fully saturated rings. The summed E-state index contributed by atoms with van der Waals surface area (Å²) >= 11 is 12.6. The van der Waals surface area contributed by atoms with E-state index in [1.54, 1.807) is 25.1 Å². The van der Waals surface area contributed by atoms with Crippen molar-refractivity contribution in [3.05, 3.63) is 61.1 Å². The molecule has 0 bridgehead atoms. The summed E-state index contributed by atoms with van der Waals surface area (Å²) < 4.78 is 6.41. The van der Waals surface area contributed by atoms with Crippen molar-refractivity contribution in [3.8, 4) is 11.5 Å². The van der Waals surface area contributed by atoms with Gasteiger partial charge in [0.15, 0.2) is 0 Å². The van der Waals surface area contributed by atoms with Crippen molar-refractivity contribution in [2.45, 2.75) is 12.3 Å². The molecule has 7 heteroatoms. The number of rotatable bonds is 4. The second kappa shape index (κ2) is 6.77. The molecule has 110 valence electrons. The molecule has 0 spiro atoms. The maximum Gasteiger partial charge on any atom is 0.312 e. The Hall–Kier alpha value is -1.11. The van der Waals surface area contributed by atoms with Gasteiger partial charge in [0.05, 0.1) is 4.92 Å². The maximum atomic E-state index is 11.2. The zero-order chi connectivity index (χ0) is 15.6. The van der Waals surface area contributed by atoms with Crippen molar-refractivity contribution in [1.82, 2.24) is 0 Å². The third-order valence-electron chi connectivity index (χ3n) is 2.80. The molecule has 0 heterocycles. The van der Waals surface area contributed by atoms with Gasteiger partial charge in [0.25, 0.3) is 0 Å². The summed E-state index contributed by atoms with van der Waals surface area (Å²) in [4.78, 5) is 10.7. The third-order valence-corrected chi connectivity index (χ3v) is 4.10. The van der Waals surface area contributed by atoms with E-state index in [1.165, 1.54) is 6.07 Å². The fourth-order valence-electron chi connectivity index (χ4n) is 1.82. The van der Waals surface area contributed by atoms with Gasteiger partial charge in [-0.05, 0) is 30.7 Å². The number of nitro benzene ring substituents is 1. The summed E-state index contributed by atoms with van der Waals surface area (Å²) in [6.45, 7) is 1.76. The minimum absolute atomic E-state index is 0.0950. The topological polar surface area (TPSA) is 52.4 Å². The molecule has 0 N–H and O–H groups in total. The van der Waals surface area contributed by atoms with Crippen LogP contribution in [0.1, 0.15) is 11.1 Å². The predicted molar refractivity (Wildman–Crippen MR) is 89.7 cm³/mol. The van der Waals surface area contributed by atoms with Crippen LogP contribution in [0.15, 0.2) is 34.8 Å². The van der Waals surface area contributed by atoms with Crippen molar-refractivity contribution >= 4 is 49.1 Å². The molecule has 0 aliphatic heterocycles. The molecule has 2 aromatic carbocycles. The van der Waals surface area contributed by atoms with E-state index < -0.39 is 4.92 Å². The number of ether oxygens (including phenoxy) is 1. The average Bonchev–Trinajstić information content (AvgIpc) is 2.41. The monoisotopic (exact) mass is 433 g/mol. The van der Waals surface area contributed by atoms with Gasteiger partial charge in [0.1, 0.15) is 5.75 Å². The van der Waals surface area contributed by atoms with E-state index in [4.69, 9.17) is 16.3 Å². The first-order chi connectivity index (χ1) is 9.92. The molecule has 0 aliphatic rings. The van der Waals surface area contributed by atoms with Gasteiger partial charge in [-0.1, -0.05) is 49.5 Å². The van der Waals surface area contributed by atoms with Gasteiger partial charge < -0.3 is 4.74 Å². The molecule has 0 saturated carbocycles. The Kier molecular flexibility index (Phi) is 5.24. The van der Waals surface area contributed by atoms with Crippen LogP contribution in [-0.2, 0) is 5.33 Å². The Labute approximate surface area is 143 Å². The molecule has 0 aromatic heterocycles. The predicted octanol–water partition coefficient (Wildman–Crippen LogP) is 6.01. The van der Waals surface area contributed by atoms with Crippen molar-refractivity contribution in [2.24, 2.45) is 0 Å². The first-order valence-electron chi connectivity index (χ1n) is 5.89. The number of halogens is 3. The molecule has 0 unspecified atom stereocenters. The van der Waals surface area contributed by atoms with Gasteiger partial charge in [0.2, 0.25) is 5.75 Å². The van der Waals surface area contributed by atoms with Crippen molar-refractivity contribution < 1.29 is 9.66 Å². The lowest BCUT2D eigenvalue weighted by Crippen LogP contribution is -1.97. The van der Waals surface area contributed by atoms with Crippen LogP contribution in [0.25, 0.3) is 0 Å². The van der Waals surface area contributed by atoms with Gasteiger partial charge in [-0.3, -0.25) is 10.1 Å². The Morgan fingerprint density at radius 2 is 2.05 bits per heavy atom. The second-order valence-electron chi connectivity index (χ2n) is 4.32. The van der Waals surface area contributed by atoms with Crippen LogP contribution < -0.4 is 4.74 Å². The van der Waals surface area contributed by atoms with Gasteiger partial charge in [-0.2, -0.15) is 0 Å². The van der Waals surface area contributed by atoms with E-state index in [2.05, 4.69) is 31.9 Å². The van der Waals surface area contributed by atoms with Crippen molar-refractivity contribution in [3.63, 3.8) is 0 Å². The molecule has 2 aromatic rings. The quantitative estimate of drug-likeness (QED) is 0.336. The minimum Gasteiger partial charge on any atom is -0.449 e. The highest BCUT2D eigenvalue weighted by atomic mass is 79.9. The van der Waals surface area contributed by atoms with Crippen LogP contribution in [-0.4, -0.2) is 4.92 Å². The van der Waals surface area contributed by atoms with Crippen LogP contribution in [0.5, 0.6) is 11.5 Å². The Balaban J connectivity index is 2.54. The highest BCUT2D eigenvalue weighted by molar-refractivity contribution is 9.10. The summed E-state index contributed by atoms with van der Waals surface area (Å²) in [5.74, 6) is 0.709. The molecule has 0 atom stereocenters. The number of aryl methyl sites for hydroxylation is 1. The largest absolute Gasteiger partial charge is 0.449 e. The highest BCUT2D eigenvalue weighted by Crippen LogP contribution is 2.39. The van der Waals surface area contributed by atoms with Crippen LogP contribution in [0.3, 0.4) is 0 Å². The summed E-state index contributed by atoms with van der Waals surface area (Å²) in [6, 6.07) is 8.38. The normalized spacial score (nSPS) is 10.5. The summed E-state index contributed by atoms with van der Waals surface area (Å²) in [5, 5.41) is 12.3. The minimum atomic E-state index is -0.467. The average molecular weight is 435 g/mol. The van der Waals surface area contributed by atoms with E-state index in [0.717, 1.165) is 5.56 Å². The highest BCUT2D eigenvalue weighted by Gasteiger charge is 2.20. The molecule has 21 heavy (non-hydrogen) atoms. The smallest absolute Gasteiger partial charge is 0.312 e. The first kappa shape index (κ1) is 16.3. The van der Waals surface area contributed by atoms with Gasteiger partial charge in [-0.15, -0.1) is 0 Å². The van der Waals surface area contributed by atoms with E-state index in [0.29, 0.717) is 26.1 Å². The standard InChI is InChI=1S/C14H10Br2ClNO3/c1-8-4-10(16)5-12(18(19)20)14(8)21-13-6-11(17)3-2-9(13)7-15/h2-6H,7H2,1H3.